The van der Waals surface area contributed by atoms with Crippen LogP contribution in [-0.2, 0) is 12.8 Å². The van der Waals surface area contributed by atoms with Crippen molar-refractivity contribution in [2.24, 2.45) is 5.92 Å². The van der Waals surface area contributed by atoms with Crippen LogP contribution >= 0.6 is 11.6 Å². The fourth-order valence-corrected chi connectivity index (χ4v) is 2.13. The highest BCUT2D eigenvalue weighted by Crippen LogP contribution is 2.12. The second-order valence-electron chi connectivity index (χ2n) is 5.50. The molecule has 0 saturated carbocycles. The number of aryl methyl sites for hydroxylation is 2. The van der Waals surface area contributed by atoms with Gasteiger partial charge in [0.2, 0.25) is 0 Å². The number of halogens is 1. The molecular formula is C19H25Cl. The molecule has 0 aliphatic rings. The Bertz CT molecular complexity index is 497. The van der Waals surface area contributed by atoms with E-state index in [0.29, 0.717) is 0 Å². The van der Waals surface area contributed by atoms with Crippen LogP contribution in [0.15, 0.2) is 48.5 Å². The van der Waals surface area contributed by atoms with Crippen LogP contribution in [0.3, 0.4) is 0 Å². The van der Waals surface area contributed by atoms with Gasteiger partial charge < -0.3 is 0 Å². The lowest BCUT2D eigenvalue weighted by Gasteiger charge is -2.07. The van der Waals surface area contributed by atoms with E-state index >= 15 is 0 Å². The van der Waals surface area contributed by atoms with E-state index in [9.17, 15) is 0 Å². The SMILES string of the molecule is CCc1ccc(Cl)cc1.Cc1ccccc1CC(C)C. The van der Waals surface area contributed by atoms with E-state index in [4.69, 9.17) is 11.6 Å². The van der Waals surface area contributed by atoms with Gasteiger partial charge in [0, 0.05) is 5.02 Å². The summed E-state index contributed by atoms with van der Waals surface area (Å²) in [6.45, 7) is 8.82. The van der Waals surface area contributed by atoms with Crippen molar-refractivity contribution in [3.8, 4) is 0 Å². The Morgan fingerprint density at radius 1 is 0.950 bits per heavy atom. The molecule has 0 N–H and O–H groups in total. The predicted octanol–water partition coefficient (Wildman–Crippen LogP) is 6.10. The van der Waals surface area contributed by atoms with Gasteiger partial charge in [-0.3, -0.25) is 0 Å². The van der Waals surface area contributed by atoms with Crippen molar-refractivity contribution in [3.63, 3.8) is 0 Å². The molecule has 1 heteroatoms. The Labute approximate surface area is 128 Å². The first-order valence-electron chi connectivity index (χ1n) is 7.31. The van der Waals surface area contributed by atoms with E-state index in [0.717, 1.165) is 17.4 Å². The topological polar surface area (TPSA) is 0 Å². The van der Waals surface area contributed by atoms with Gasteiger partial charge in [-0.05, 0) is 54.5 Å². The summed E-state index contributed by atoms with van der Waals surface area (Å²) < 4.78 is 0. The summed E-state index contributed by atoms with van der Waals surface area (Å²) in [5, 5.41) is 0.812. The van der Waals surface area contributed by atoms with Crippen molar-refractivity contribution in [1.29, 1.82) is 0 Å². The Hall–Kier alpha value is -1.27. The molecule has 0 nitrogen and oxygen atoms in total. The lowest BCUT2D eigenvalue weighted by molar-refractivity contribution is 0.645. The van der Waals surface area contributed by atoms with E-state index in [-0.39, 0.29) is 0 Å². The monoisotopic (exact) mass is 288 g/mol. The number of hydrogen-bond acceptors (Lipinski definition) is 0. The van der Waals surface area contributed by atoms with Crippen LogP contribution in [0.2, 0.25) is 5.02 Å². The second-order valence-corrected chi connectivity index (χ2v) is 5.94. The minimum absolute atomic E-state index is 0.760. The molecule has 2 rings (SSSR count). The van der Waals surface area contributed by atoms with Crippen molar-refractivity contribution in [3.05, 3.63) is 70.2 Å². The highest BCUT2D eigenvalue weighted by Gasteiger charge is 1.98. The Kier molecular flexibility index (Phi) is 7.40. The third-order valence-electron chi connectivity index (χ3n) is 3.21. The number of benzene rings is 2. The van der Waals surface area contributed by atoms with Gasteiger partial charge in [0.15, 0.2) is 0 Å². The smallest absolute Gasteiger partial charge is 0.0406 e. The molecule has 0 radical (unpaired) electrons. The van der Waals surface area contributed by atoms with Crippen molar-refractivity contribution in [1.82, 2.24) is 0 Å². The Balaban J connectivity index is 0.000000204. The van der Waals surface area contributed by atoms with Gasteiger partial charge >= 0.3 is 0 Å². The average molecular weight is 289 g/mol. The zero-order valence-electron chi connectivity index (χ0n) is 13.0. The average Bonchev–Trinajstić information content (AvgIpc) is 2.43. The van der Waals surface area contributed by atoms with E-state index in [2.05, 4.69) is 52.0 Å². The maximum absolute atomic E-state index is 5.67. The second kappa shape index (κ2) is 8.81. The van der Waals surface area contributed by atoms with Crippen molar-refractivity contribution >= 4 is 11.6 Å². The molecule has 0 unspecified atom stereocenters. The van der Waals surface area contributed by atoms with Gasteiger partial charge in [-0.2, -0.15) is 0 Å². The Morgan fingerprint density at radius 3 is 2.05 bits per heavy atom. The van der Waals surface area contributed by atoms with E-state index in [1.807, 2.05) is 24.3 Å². The summed E-state index contributed by atoms with van der Waals surface area (Å²) in [4.78, 5) is 0. The maximum Gasteiger partial charge on any atom is 0.0406 e. The lowest BCUT2D eigenvalue weighted by Crippen LogP contribution is -1.95. The van der Waals surface area contributed by atoms with E-state index in [1.165, 1.54) is 23.1 Å². The minimum Gasteiger partial charge on any atom is -0.0843 e. The summed E-state index contributed by atoms with van der Waals surface area (Å²) in [5.41, 5.74) is 4.24. The standard InChI is InChI=1S/C11H16.C8H9Cl/c1-9(2)8-11-7-5-4-6-10(11)3;1-2-7-3-5-8(9)6-4-7/h4-7,9H,8H2,1-3H3;3-6H,2H2,1H3. The highest BCUT2D eigenvalue weighted by atomic mass is 35.5. The van der Waals surface area contributed by atoms with E-state index in [1.54, 1.807) is 0 Å². The summed E-state index contributed by atoms with van der Waals surface area (Å²) >= 11 is 5.67. The molecule has 0 amide bonds. The van der Waals surface area contributed by atoms with Gasteiger partial charge in [0.25, 0.3) is 0 Å². The van der Waals surface area contributed by atoms with Crippen LogP contribution in [-0.4, -0.2) is 0 Å². The molecule has 0 spiro atoms. The zero-order valence-corrected chi connectivity index (χ0v) is 13.7. The van der Waals surface area contributed by atoms with Crippen molar-refractivity contribution in [2.45, 2.75) is 40.5 Å². The third-order valence-corrected chi connectivity index (χ3v) is 3.46. The lowest BCUT2D eigenvalue weighted by atomic mass is 9.99. The van der Waals surface area contributed by atoms with Gasteiger partial charge in [-0.15, -0.1) is 0 Å². The molecule has 0 aliphatic carbocycles. The first-order chi connectivity index (χ1) is 9.52. The molecule has 0 aliphatic heterocycles. The van der Waals surface area contributed by atoms with Crippen molar-refractivity contribution < 1.29 is 0 Å². The fourth-order valence-electron chi connectivity index (χ4n) is 2.00. The zero-order chi connectivity index (χ0) is 15.0. The van der Waals surface area contributed by atoms with Crippen LogP contribution in [0.5, 0.6) is 0 Å². The van der Waals surface area contributed by atoms with Gasteiger partial charge in [0.1, 0.15) is 0 Å². The first kappa shape index (κ1) is 16.8. The molecule has 0 heterocycles. The highest BCUT2D eigenvalue weighted by molar-refractivity contribution is 6.30. The molecule has 2 aromatic rings. The molecule has 0 saturated heterocycles. The summed E-state index contributed by atoms with van der Waals surface area (Å²) in [6, 6.07) is 16.5. The van der Waals surface area contributed by atoms with Gasteiger partial charge in [-0.25, -0.2) is 0 Å². The summed E-state index contributed by atoms with van der Waals surface area (Å²) in [5.74, 6) is 0.760. The molecule has 2 aromatic carbocycles. The summed E-state index contributed by atoms with van der Waals surface area (Å²) in [6.07, 6.45) is 2.28. The largest absolute Gasteiger partial charge is 0.0843 e. The molecule has 20 heavy (non-hydrogen) atoms. The van der Waals surface area contributed by atoms with Gasteiger partial charge in [-0.1, -0.05) is 68.8 Å². The van der Waals surface area contributed by atoms with Gasteiger partial charge in [0.05, 0.1) is 0 Å². The van der Waals surface area contributed by atoms with Crippen LogP contribution in [0.1, 0.15) is 37.5 Å². The van der Waals surface area contributed by atoms with Crippen LogP contribution < -0.4 is 0 Å². The minimum atomic E-state index is 0.760. The molecule has 0 fully saturated rings. The normalized spacial score (nSPS) is 10.1. The number of rotatable bonds is 3. The van der Waals surface area contributed by atoms with Crippen LogP contribution in [0.4, 0.5) is 0 Å². The molecule has 0 aromatic heterocycles. The predicted molar refractivity (Wildman–Crippen MR) is 90.6 cm³/mol. The number of hydrogen-bond donors (Lipinski definition) is 0. The van der Waals surface area contributed by atoms with Crippen LogP contribution in [0.25, 0.3) is 0 Å². The maximum atomic E-state index is 5.67. The van der Waals surface area contributed by atoms with Crippen molar-refractivity contribution in [2.75, 3.05) is 0 Å². The fraction of sp³-hybridized carbons (Fsp3) is 0.368. The summed E-state index contributed by atoms with van der Waals surface area (Å²) in [7, 11) is 0. The molecule has 0 atom stereocenters. The first-order valence-corrected chi connectivity index (χ1v) is 7.69. The quantitative estimate of drug-likeness (QED) is 0.640. The molecule has 108 valence electrons. The molecule has 0 bridgehead atoms. The van der Waals surface area contributed by atoms with Crippen LogP contribution in [0, 0.1) is 12.8 Å². The molecular weight excluding hydrogens is 264 g/mol. The Morgan fingerprint density at radius 2 is 1.55 bits per heavy atom. The third kappa shape index (κ3) is 6.25. The van der Waals surface area contributed by atoms with E-state index < -0.39 is 0 Å².